The van der Waals surface area contributed by atoms with Gasteiger partial charge in [-0.2, -0.15) is 0 Å². The highest BCUT2D eigenvalue weighted by molar-refractivity contribution is 6.43. The van der Waals surface area contributed by atoms with Crippen LogP contribution in [0.2, 0.25) is 0 Å². The molecule has 0 aromatic heterocycles. The van der Waals surface area contributed by atoms with Crippen molar-refractivity contribution in [1.29, 1.82) is 0 Å². The predicted octanol–water partition coefficient (Wildman–Crippen LogP) is 3.98. The van der Waals surface area contributed by atoms with Gasteiger partial charge in [0.1, 0.15) is 5.75 Å². The first-order valence-corrected chi connectivity index (χ1v) is 5.06. The van der Waals surface area contributed by atoms with Gasteiger partial charge in [-0.1, -0.05) is 53.5 Å². The molecule has 0 saturated heterocycles. The zero-order chi connectivity index (χ0) is 9.97. The number of benzene rings is 2. The van der Waals surface area contributed by atoms with Crippen LogP contribution in [0.1, 0.15) is 0 Å². The highest BCUT2D eigenvalue weighted by atomic mass is 35.5. The average Bonchev–Trinajstić information content (AvgIpc) is 2.17. The lowest BCUT2D eigenvalue weighted by atomic mass is 10.1. The summed E-state index contributed by atoms with van der Waals surface area (Å²) in [6, 6.07) is 13.8. The summed E-state index contributed by atoms with van der Waals surface area (Å²) in [5.41, 5.74) is 0. The molecule has 0 N–H and O–H groups in total. The second-order valence-electron chi connectivity index (χ2n) is 2.89. The lowest BCUT2D eigenvalue weighted by Gasteiger charge is -2.06. The van der Waals surface area contributed by atoms with Crippen molar-refractivity contribution in [3.05, 3.63) is 42.5 Å². The molecule has 0 spiro atoms. The third kappa shape index (κ3) is 2.11. The number of halogens is 2. The molecule has 0 aliphatic rings. The molecule has 0 radical (unpaired) electrons. The van der Waals surface area contributed by atoms with Crippen molar-refractivity contribution in [3.63, 3.8) is 0 Å². The van der Waals surface area contributed by atoms with Crippen LogP contribution in [-0.2, 0) is 0 Å². The molecule has 0 bridgehead atoms. The molecule has 2 aromatic carbocycles. The quantitative estimate of drug-likeness (QED) is 0.705. The van der Waals surface area contributed by atoms with Crippen molar-refractivity contribution in [2.75, 3.05) is 0 Å². The number of hydrogen-bond acceptors (Lipinski definition) is 1. The van der Waals surface area contributed by atoms with E-state index in [4.69, 9.17) is 27.9 Å². The Morgan fingerprint density at radius 1 is 0.929 bits per heavy atom. The van der Waals surface area contributed by atoms with Crippen LogP contribution in [-0.4, -0.2) is 5.02 Å². The topological polar surface area (TPSA) is 9.23 Å². The molecule has 14 heavy (non-hydrogen) atoms. The minimum absolute atomic E-state index is 0.679. The van der Waals surface area contributed by atoms with Gasteiger partial charge in [-0.3, -0.25) is 0 Å². The van der Waals surface area contributed by atoms with E-state index in [0.717, 1.165) is 5.39 Å². The summed E-state index contributed by atoms with van der Waals surface area (Å²) in [6.07, 6.45) is 0. The van der Waals surface area contributed by atoms with Crippen LogP contribution < -0.4 is 4.74 Å². The Hall–Kier alpha value is -0.920. The Balaban J connectivity index is 2.41. The summed E-state index contributed by atoms with van der Waals surface area (Å²) in [5.74, 6) is 0.679. The van der Waals surface area contributed by atoms with Gasteiger partial charge in [-0.15, -0.1) is 0 Å². The molecule has 0 heterocycles. The highest BCUT2D eigenvalue weighted by Gasteiger charge is 2.01. The maximum Gasteiger partial charge on any atom is 0.247 e. The second kappa shape index (κ2) is 4.07. The fourth-order valence-electron chi connectivity index (χ4n) is 1.34. The molecular formula is C11H8Cl2O. The molecule has 72 valence electrons. The molecule has 2 rings (SSSR count). The van der Waals surface area contributed by atoms with E-state index in [1.165, 1.54) is 5.39 Å². The number of hydrogen-bond donors (Lipinski definition) is 0. The third-order valence-electron chi connectivity index (χ3n) is 1.95. The van der Waals surface area contributed by atoms with Gasteiger partial charge in [0.25, 0.3) is 0 Å². The van der Waals surface area contributed by atoms with E-state index in [1.54, 1.807) is 0 Å². The third-order valence-corrected chi connectivity index (χ3v) is 2.12. The summed E-state index contributed by atoms with van der Waals surface area (Å²) >= 11 is 11.0. The Morgan fingerprint density at radius 3 is 2.36 bits per heavy atom. The van der Waals surface area contributed by atoms with E-state index in [2.05, 4.69) is 0 Å². The SMILES string of the molecule is ClC(Cl)Oc1ccc2ccccc2c1. The highest BCUT2D eigenvalue weighted by Crippen LogP contribution is 2.22. The lowest BCUT2D eigenvalue weighted by Crippen LogP contribution is -1.98. The van der Waals surface area contributed by atoms with Crippen LogP contribution in [0.25, 0.3) is 10.8 Å². The smallest absolute Gasteiger partial charge is 0.247 e. The minimum Gasteiger partial charge on any atom is -0.461 e. The van der Waals surface area contributed by atoms with E-state index in [9.17, 15) is 0 Å². The summed E-state index contributed by atoms with van der Waals surface area (Å²) in [4.78, 5) is 0. The maximum atomic E-state index is 5.51. The van der Waals surface area contributed by atoms with Crippen molar-refractivity contribution in [2.24, 2.45) is 0 Å². The van der Waals surface area contributed by atoms with Crippen LogP contribution in [0.3, 0.4) is 0 Å². The van der Waals surface area contributed by atoms with Crippen LogP contribution >= 0.6 is 23.2 Å². The van der Waals surface area contributed by atoms with Gasteiger partial charge in [0, 0.05) is 0 Å². The fraction of sp³-hybridized carbons (Fsp3) is 0.0909. The Bertz CT molecular complexity index is 440. The lowest BCUT2D eigenvalue weighted by molar-refractivity contribution is 0.355. The number of ether oxygens (including phenoxy) is 1. The van der Waals surface area contributed by atoms with Gasteiger partial charge in [-0.25, -0.2) is 0 Å². The largest absolute Gasteiger partial charge is 0.461 e. The molecule has 0 fully saturated rings. The van der Waals surface area contributed by atoms with Gasteiger partial charge in [-0.05, 0) is 22.9 Å². The number of fused-ring (bicyclic) bond motifs is 1. The van der Waals surface area contributed by atoms with Crippen LogP contribution in [0, 0.1) is 0 Å². The monoisotopic (exact) mass is 226 g/mol. The summed E-state index contributed by atoms with van der Waals surface area (Å²) in [5, 5.41) is 1.45. The first-order chi connectivity index (χ1) is 6.75. The molecule has 0 aliphatic carbocycles. The molecule has 0 atom stereocenters. The standard InChI is InChI=1S/C11H8Cl2O/c12-11(13)14-10-6-5-8-3-1-2-4-9(8)7-10/h1-7,11H. The molecule has 0 saturated carbocycles. The fourth-order valence-corrected chi connectivity index (χ4v) is 1.55. The molecule has 0 unspecified atom stereocenters. The van der Waals surface area contributed by atoms with Gasteiger partial charge in [0.05, 0.1) is 0 Å². The molecule has 0 amide bonds. The zero-order valence-corrected chi connectivity index (χ0v) is 8.79. The van der Waals surface area contributed by atoms with Crippen molar-refractivity contribution < 1.29 is 4.74 Å². The van der Waals surface area contributed by atoms with E-state index in [-0.39, 0.29) is 0 Å². The first kappa shape index (κ1) is 9.63. The summed E-state index contributed by atoms with van der Waals surface area (Å²) in [7, 11) is 0. The zero-order valence-electron chi connectivity index (χ0n) is 7.28. The molecule has 1 nitrogen and oxygen atoms in total. The molecule has 0 aliphatic heterocycles. The van der Waals surface area contributed by atoms with Crippen LogP contribution in [0.4, 0.5) is 0 Å². The predicted molar refractivity (Wildman–Crippen MR) is 60.1 cm³/mol. The van der Waals surface area contributed by atoms with E-state index < -0.39 is 5.02 Å². The average molecular weight is 227 g/mol. The van der Waals surface area contributed by atoms with Crippen molar-refractivity contribution in [1.82, 2.24) is 0 Å². The molecule has 2 aromatic rings. The normalized spacial score (nSPS) is 10.8. The Labute approximate surface area is 92.2 Å². The second-order valence-corrected chi connectivity index (χ2v) is 3.90. The number of rotatable bonds is 2. The van der Waals surface area contributed by atoms with Crippen LogP contribution in [0.5, 0.6) is 5.75 Å². The van der Waals surface area contributed by atoms with E-state index in [1.807, 2.05) is 42.5 Å². The van der Waals surface area contributed by atoms with E-state index >= 15 is 0 Å². The van der Waals surface area contributed by atoms with Crippen molar-refractivity contribution >= 4 is 34.0 Å². The molecular weight excluding hydrogens is 219 g/mol. The van der Waals surface area contributed by atoms with E-state index in [0.29, 0.717) is 5.75 Å². The van der Waals surface area contributed by atoms with Gasteiger partial charge in [0.2, 0.25) is 5.02 Å². The van der Waals surface area contributed by atoms with Gasteiger partial charge >= 0.3 is 0 Å². The van der Waals surface area contributed by atoms with Crippen molar-refractivity contribution in [2.45, 2.75) is 5.02 Å². The van der Waals surface area contributed by atoms with Gasteiger partial charge < -0.3 is 4.74 Å². The van der Waals surface area contributed by atoms with Gasteiger partial charge in [0.15, 0.2) is 0 Å². The Kier molecular flexibility index (Phi) is 2.80. The minimum atomic E-state index is -0.823. The van der Waals surface area contributed by atoms with Crippen molar-refractivity contribution in [3.8, 4) is 5.75 Å². The van der Waals surface area contributed by atoms with Crippen LogP contribution in [0.15, 0.2) is 42.5 Å². The number of alkyl halides is 2. The maximum absolute atomic E-state index is 5.51. The Morgan fingerprint density at radius 2 is 1.64 bits per heavy atom. The summed E-state index contributed by atoms with van der Waals surface area (Å²) < 4.78 is 5.15. The molecule has 3 heteroatoms. The summed E-state index contributed by atoms with van der Waals surface area (Å²) in [6.45, 7) is 0. The first-order valence-electron chi connectivity index (χ1n) is 4.19.